The minimum atomic E-state index is -0.437. The van der Waals surface area contributed by atoms with E-state index in [1.54, 1.807) is 37.3 Å². The van der Waals surface area contributed by atoms with Crippen molar-refractivity contribution in [2.75, 3.05) is 9.80 Å². The van der Waals surface area contributed by atoms with Crippen molar-refractivity contribution in [1.29, 1.82) is 0 Å². The average molecular weight is 423 g/mol. The quantitative estimate of drug-likeness (QED) is 0.682. The van der Waals surface area contributed by atoms with Gasteiger partial charge in [0.1, 0.15) is 0 Å². The predicted molar refractivity (Wildman–Crippen MR) is 112 cm³/mol. The maximum atomic E-state index is 12.9. The van der Waals surface area contributed by atoms with Crippen molar-refractivity contribution in [2.24, 2.45) is 11.8 Å². The van der Waals surface area contributed by atoms with Crippen molar-refractivity contribution in [3.05, 3.63) is 58.1 Å². The molecule has 6 nitrogen and oxygen atoms in total. The maximum absolute atomic E-state index is 12.9. The number of aryl methyl sites for hydroxylation is 1. The number of anilines is 2. The van der Waals surface area contributed by atoms with Gasteiger partial charge in [-0.15, -0.1) is 0 Å². The number of amides is 4. The summed E-state index contributed by atoms with van der Waals surface area (Å²) in [5, 5.41) is 0.386. The highest BCUT2D eigenvalue weighted by Crippen LogP contribution is 2.41. The fraction of sp³-hybridized carbons (Fsp3) is 0.304. The first kappa shape index (κ1) is 19.0. The van der Waals surface area contributed by atoms with Crippen LogP contribution < -0.4 is 9.80 Å². The Morgan fingerprint density at radius 1 is 0.800 bits per heavy atom. The van der Waals surface area contributed by atoms with Gasteiger partial charge in [0.15, 0.2) is 0 Å². The monoisotopic (exact) mass is 422 g/mol. The van der Waals surface area contributed by atoms with Crippen molar-refractivity contribution in [3.63, 3.8) is 0 Å². The molecule has 0 bridgehead atoms. The summed E-state index contributed by atoms with van der Waals surface area (Å²) in [6.07, 6.45) is 3.44. The molecule has 2 atom stereocenters. The third kappa shape index (κ3) is 2.63. The Morgan fingerprint density at radius 2 is 1.43 bits per heavy atom. The molecule has 152 valence electrons. The summed E-state index contributed by atoms with van der Waals surface area (Å²) in [6.45, 7) is 1.76. The molecule has 1 aliphatic carbocycles. The molecular formula is C23H19ClN2O4. The van der Waals surface area contributed by atoms with E-state index < -0.39 is 11.8 Å². The van der Waals surface area contributed by atoms with E-state index in [0.29, 0.717) is 27.5 Å². The van der Waals surface area contributed by atoms with E-state index in [1.165, 1.54) is 11.0 Å². The van der Waals surface area contributed by atoms with E-state index in [1.807, 2.05) is 0 Å². The molecule has 0 spiro atoms. The molecule has 1 saturated heterocycles. The minimum absolute atomic E-state index is 0.146. The number of halogens is 1. The summed E-state index contributed by atoms with van der Waals surface area (Å²) in [5.41, 5.74) is 2.12. The number of fused-ring (bicyclic) bond motifs is 2. The largest absolute Gasteiger partial charge is 0.274 e. The first-order valence-electron chi connectivity index (χ1n) is 10.1. The van der Waals surface area contributed by atoms with Crippen molar-refractivity contribution < 1.29 is 19.2 Å². The van der Waals surface area contributed by atoms with Gasteiger partial charge in [-0.1, -0.05) is 24.4 Å². The van der Waals surface area contributed by atoms with Crippen molar-refractivity contribution in [2.45, 2.75) is 32.6 Å². The van der Waals surface area contributed by atoms with Crippen LogP contribution in [-0.2, 0) is 9.59 Å². The molecule has 1 saturated carbocycles. The zero-order chi connectivity index (χ0) is 21.2. The topological polar surface area (TPSA) is 74.8 Å². The number of nitrogens with zero attached hydrogens (tertiary/aromatic N) is 2. The molecule has 2 aliphatic heterocycles. The van der Waals surface area contributed by atoms with Crippen LogP contribution in [0.1, 0.15) is 52.0 Å². The van der Waals surface area contributed by atoms with Gasteiger partial charge in [0, 0.05) is 5.02 Å². The maximum Gasteiger partial charge on any atom is 0.266 e. The van der Waals surface area contributed by atoms with Crippen LogP contribution in [0.5, 0.6) is 0 Å². The number of carbonyl (C=O) groups is 4. The third-order valence-electron chi connectivity index (χ3n) is 6.37. The predicted octanol–water partition coefficient (Wildman–Crippen LogP) is 4.13. The van der Waals surface area contributed by atoms with Gasteiger partial charge in [0.25, 0.3) is 11.8 Å². The summed E-state index contributed by atoms with van der Waals surface area (Å²) in [5.74, 6) is -1.60. The Bertz CT molecular complexity index is 1120. The van der Waals surface area contributed by atoms with Gasteiger partial charge in [-0.2, -0.15) is 0 Å². The molecule has 2 fully saturated rings. The molecule has 2 heterocycles. The molecule has 7 heteroatoms. The zero-order valence-electron chi connectivity index (χ0n) is 16.4. The number of carbonyl (C=O) groups excluding carboxylic acids is 4. The standard InChI is InChI=1S/C23H19ClN2O4/c1-12-10-14(25-20(27)15-4-2-3-5-16(15)21(25)28)7-9-19(12)26-22(29)17-8-6-13(24)11-18(17)23(26)30/h6-11,15-16H,2-5H2,1H3/t15-,16-/m0/s1. The summed E-state index contributed by atoms with van der Waals surface area (Å²) >= 11 is 5.98. The first-order valence-corrected chi connectivity index (χ1v) is 10.4. The van der Waals surface area contributed by atoms with Crippen molar-refractivity contribution >= 4 is 46.6 Å². The molecule has 5 rings (SSSR count). The summed E-state index contributed by atoms with van der Waals surface area (Å²) < 4.78 is 0. The van der Waals surface area contributed by atoms with Crippen LogP contribution in [-0.4, -0.2) is 23.6 Å². The van der Waals surface area contributed by atoms with Crippen molar-refractivity contribution in [3.8, 4) is 0 Å². The van der Waals surface area contributed by atoms with Crippen LogP contribution in [0.2, 0.25) is 5.02 Å². The molecule has 0 aromatic heterocycles. The van der Waals surface area contributed by atoms with Crippen LogP contribution in [0, 0.1) is 18.8 Å². The summed E-state index contributed by atoms with van der Waals surface area (Å²) in [7, 11) is 0. The molecule has 0 unspecified atom stereocenters. The van der Waals surface area contributed by atoms with Crippen LogP contribution in [0.4, 0.5) is 11.4 Å². The highest BCUT2D eigenvalue weighted by atomic mass is 35.5. The van der Waals surface area contributed by atoms with Crippen LogP contribution in [0.25, 0.3) is 0 Å². The number of benzene rings is 2. The summed E-state index contributed by atoms with van der Waals surface area (Å²) in [4.78, 5) is 53.8. The second-order valence-electron chi connectivity index (χ2n) is 8.12. The molecule has 4 amide bonds. The molecule has 30 heavy (non-hydrogen) atoms. The van der Waals surface area contributed by atoms with Gasteiger partial charge in [-0.05, 0) is 61.7 Å². The SMILES string of the molecule is Cc1cc(N2C(=O)[C@H]3CCCC[C@@H]3C2=O)ccc1N1C(=O)c2ccc(Cl)cc2C1=O. The van der Waals surface area contributed by atoms with Crippen LogP contribution in [0.3, 0.4) is 0 Å². The van der Waals surface area contributed by atoms with E-state index in [-0.39, 0.29) is 29.2 Å². The molecule has 3 aliphatic rings. The molecule has 0 N–H and O–H groups in total. The molecule has 0 radical (unpaired) electrons. The lowest BCUT2D eigenvalue weighted by Crippen LogP contribution is -2.32. The number of hydrogen-bond acceptors (Lipinski definition) is 4. The van der Waals surface area contributed by atoms with E-state index in [4.69, 9.17) is 11.6 Å². The van der Waals surface area contributed by atoms with Gasteiger partial charge in [-0.3, -0.25) is 24.1 Å². The fourth-order valence-corrected chi connectivity index (χ4v) is 5.05. The zero-order valence-corrected chi connectivity index (χ0v) is 17.1. The third-order valence-corrected chi connectivity index (χ3v) is 6.60. The highest BCUT2D eigenvalue weighted by molar-refractivity contribution is 6.37. The summed E-state index contributed by atoms with van der Waals surface area (Å²) in [6, 6.07) is 9.56. The Morgan fingerprint density at radius 3 is 2.07 bits per heavy atom. The molecule has 2 aromatic carbocycles. The van der Waals surface area contributed by atoms with Gasteiger partial charge in [-0.25, -0.2) is 4.90 Å². The molecular weight excluding hydrogens is 404 g/mol. The Balaban J connectivity index is 1.49. The van der Waals surface area contributed by atoms with Gasteiger partial charge >= 0.3 is 0 Å². The van der Waals surface area contributed by atoms with Gasteiger partial charge in [0.05, 0.1) is 34.3 Å². The van der Waals surface area contributed by atoms with E-state index in [0.717, 1.165) is 30.6 Å². The lowest BCUT2D eigenvalue weighted by atomic mass is 9.81. The Kier molecular flexibility index (Phi) is 4.29. The Hall–Kier alpha value is -2.99. The normalized spacial score (nSPS) is 23.3. The smallest absolute Gasteiger partial charge is 0.266 e. The van der Waals surface area contributed by atoms with E-state index in [9.17, 15) is 19.2 Å². The number of hydrogen-bond donors (Lipinski definition) is 0. The second-order valence-corrected chi connectivity index (χ2v) is 8.55. The number of imide groups is 2. The lowest BCUT2D eigenvalue weighted by molar-refractivity contribution is -0.122. The van der Waals surface area contributed by atoms with E-state index >= 15 is 0 Å². The Labute approximate surface area is 178 Å². The highest BCUT2D eigenvalue weighted by Gasteiger charge is 2.49. The minimum Gasteiger partial charge on any atom is -0.274 e. The average Bonchev–Trinajstić information content (AvgIpc) is 3.13. The van der Waals surface area contributed by atoms with Gasteiger partial charge in [0.2, 0.25) is 11.8 Å². The fourth-order valence-electron chi connectivity index (χ4n) is 4.88. The van der Waals surface area contributed by atoms with Gasteiger partial charge < -0.3 is 0 Å². The number of rotatable bonds is 2. The lowest BCUT2D eigenvalue weighted by Gasteiger charge is -2.20. The molecule has 2 aromatic rings. The van der Waals surface area contributed by atoms with E-state index in [2.05, 4.69) is 0 Å². The van der Waals surface area contributed by atoms with Crippen molar-refractivity contribution in [1.82, 2.24) is 0 Å². The van der Waals surface area contributed by atoms with Crippen LogP contribution >= 0.6 is 11.6 Å². The second kappa shape index (κ2) is 6.77. The van der Waals surface area contributed by atoms with Crippen LogP contribution in [0.15, 0.2) is 36.4 Å². The first-order chi connectivity index (χ1) is 14.4.